The SMILES string of the molecule is CC(C)c1cc(-c2cccc(-c3ccccc3)c2)ncc1[Si](C)(C)C. The number of hydrogen-bond donors (Lipinski definition) is 0. The van der Waals surface area contributed by atoms with Crippen molar-refractivity contribution < 1.29 is 0 Å². The lowest BCUT2D eigenvalue weighted by molar-refractivity contribution is 0.870. The fourth-order valence-corrected chi connectivity index (χ4v) is 4.90. The number of nitrogens with zero attached hydrogens (tertiary/aromatic N) is 1. The van der Waals surface area contributed by atoms with Crippen molar-refractivity contribution in [2.24, 2.45) is 0 Å². The van der Waals surface area contributed by atoms with Crippen LogP contribution in [0.15, 0.2) is 66.9 Å². The maximum absolute atomic E-state index is 4.83. The van der Waals surface area contributed by atoms with Gasteiger partial charge in [-0.1, -0.05) is 82.0 Å². The van der Waals surface area contributed by atoms with E-state index >= 15 is 0 Å². The van der Waals surface area contributed by atoms with Gasteiger partial charge in [-0.3, -0.25) is 4.98 Å². The lowest BCUT2D eigenvalue weighted by Gasteiger charge is -2.23. The van der Waals surface area contributed by atoms with Crippen molar-refractivity contribution in [3.8, 4) is 22.4 Å². The molecule has 0 amide bonds. The smallest absolute Gasteiger partial charge is 0.0799 e. The highest BCUT2D eigenvalue weighted by Crippen LogP contribution is 2.27. The van der Waals surface area contributed by atoms with Crippen molar-refractivity contribution >= 4 is 13.3 Å². The number of aromatic nitrogens is 1. The molecule has 0 aliphatic heterocycles. The average molecular weight is 346 g/mol. The van der Waals surface area contributed by atoms with Gasteiger partial charge in [-0.25, -0.2) is 0 Å². The van der Waals surface area contributed by atoms with Crippen LogP contribution in [0.5, 0.6) is 0 Å². The molecule has 128 valence electrons. The molecule has 0 spiro atoms. The molecule has 1 aromatic heterocycles. The van der Waals surface area contributed by atoms with E-state index in [4.69, 9.17) is 4.98 Å². The molecule has 0 fully saturated rings. The van der Waals surface area contributed by atoms with Gasteiger partial charge in [-0.2, -0.15) is 0 Å². The van der Waals surface area contributed by atoms with Crippen LogP contribution in [0.3, 0.4) is 0 Å². The molecule has 3 rings (SSSR count). The first-order valence-corrected chi connectivity index (χ1v) is 12.5. The van der Waals surface area contributed by atoms with E-state index in [1.54, 1.807) is 0 Å². The number of pyridine rings is 1. The first kappa shape index (κ1) is 17.6. The quantitative estimate of drug-likeness (QED) is 0.522. The molecule has 0 saturated carbocycles. The van der Waals surface area contributed by atoms with E-state index in [-0.39, 0.29) is 0 Å². The van der Waals surface area contributed by atoms with Gasteiger partial charge < -0.3 is 0 Å². The molecule has 3 aromatic rings. The lowest BCUT2D eigenvalue weighted by atomic mass is 9.98. The summed E-state index contributed by atoms with van der Waals surface area (Å²) in [5, 5.41) is 1.48. The Morgan fingerprint density at radius 1 is 0.760 bits per heavy atom. The monoisotopic (exact) mass is 345 g/mol. The number of rotatable bonds is 4. The summed E-state index contributed by atoms with van der Waals surface area (Å²) >= 11 is 0. The number of benzene rings is 2. The fourth-order valence-electron chi connectivity index (χ4n) is 3.22. The second-order valence-corrected chi connectivity index (χ2v) is 13.0. The molecule has 1 nitrogen and oxygen atoms in total. The second kappa shape index (κ2) is 6.97. The van der Waals surface area contributed by atoms with Crippen LogP contribution in [0.25, 0.3) is 22.4 Å². The van der Waals surface area contributed by atoms with Crippen LogP contribution in [0.2, 0.25) is 19.6 Å². The van der Waals surface area contributed by atoms with E-state index in [1.807, 2.05) is 0 Å². The van der Waals surface area contributed by atoms with Gasteiger partial charge in [-0.05, 0) is 39.9 Å². The standard InChI is InChI=1S/C23H27NSi/c1-17(2)21-15-22(24-16-23(21)25(3,4)5)20-13-9-12-19(14-20)18-10-7-6-8-11-18/h6-17H,1-5H3. The van der Waals surface area contributed by atoms with Gasteiger partial charge in [0.15, 0.2) is 0 Å². The van der Waals surface area contributed by atoms with Crippen LogP contribution in [0.4, 0.5) is 0 Å². The van der Waals surface area contributed by atoms with Crippen molar-refractivity contribution in [3.63, 3.8) is 0 Å². The van der Waals surface area contributed by atoms with E-state index in [9.17, 15) is 0 Å². The van der Waals surface area contributed by atoms with Gasteiger partial charge in [0.1, 0.15) is 0 Å². The summed E-state index contributed by atoms with van der Waals surface area (Å²) < 4.78 is 0. The Bertz CT molecular complexity index is 861. The summed E-state index contributed by atoms with van der Waals surface area (Å²) in [5.74, 6) is 0.515. The van der Waals surface area contributed by atoms with Crippen LogP contribution >= 0.6 is 0 Å². The third kappa shape index (κ3) is 3.90. The minimum atomic E-state index is -1.39. The maximum atomic E-state index is 4.83. The Balaban J connectivity index is 2.07. The predicted octanol–water partition coefficient (Wildman–Crippen LogP) is 6.08. The molecule has 0 atom stereocenters. The van der Waals surface area contributed by atoms with Crippen molar-refractivity contribution in [2.75, 3.05) is 0 Å². The van der Waals surface area contributed by atoms with Gasteiger partial charge >= 0.3 is 0 Å². The number of hydrogen-bond acceptors (Lipinski definition) is 1. The Hall–Kier alpha value is -2.19. The third-order valence-corrected chi connectivity index (χ3v) is 6.67. The molecule has 0 N–H and O–H groups in total. The van der Waals surface area contributed by atoms with E-state index in [0.29, 0.717) is 5.92 Å². The zero-order valence-electron chi connectivity index (χ0n) is 15.9. The van der Waals surface area contributed by atoms with Crippen LogP contribution in [-0.4, -0.2) is 13.1 Å². The minimum absolute atomic E-state index is 0.515. The first-order chi connectivity index (χ1) is 11.9. The minimum Gasteiger partial charge on any atom is -0.256 e. The molecule has 0 unspecified atom stereocenters. The topological polar surface area (TPSA) is 12.9 Å². The van der Waals surface area contributed by atoms with Gasteiger partial charge in [-0.15, -0.1) is 0 Å². The third-order valence-electron chi connectivity index (χ3n) is 4.63. The summed E-state index contributed by atoms with van der Waals surface area (Å²) in [7, 11) is -1.39. The molecule has 25 heavy (non-hydrogen) atoms. The average Bonchev–Trinajstić information content (AvgIpc) is 2.61. The summed E-state index contributed by atoms with van der Waals surface area (Å²) in [6.45, 7) is 11.7. The molecule has 2 aromatic carbocycles. The van der Waals surface area contributed by atoms with Crippen LogP contribution in [0, 0.1) is 0 Å². The highest BCUT2D eigenvalue weighted by Gasteiger charge is 2.22. The molecular weight excluding hydrogens is 318 g/mol. The van der Waals surface area contributed by atoms with Gasteiger partial charge in [0.2, 0.25) is 0 Å². The van der Waals surface area contributed by atoms with E-state index in [2.05, 4.69) is 100 Å². The second-order valence-electron chi connectivity index (χ2n) is 8.01. The van der Waals surface area contributed by atoms with Crippen LogP contribution in [0.1, 0.15) is 25.3 Å². The summed E-state index contributed by atoms with van der Waals surface area (Å²) in [6.07, 6.45) is 2.13. The summed E-state index contributed by atoms with van der Waals surface area (Å²) in [4.78, 5) is 4.83. The summed E-state index contributed by atoms with van der Waals surface area (Å²) in [5.41, 5.74) is 6.19. The fraction of sp³-hybridized carbons (Fsp3) is 0.261. The molecule has 2 heteroatoms. The van der Waals surface area contributed by atoms with E-state index in [1.165, 1.54) is 27.4 Å². The summed E-state index contributed by atoms with van der Waals surface area (Å²) in [6, 6.07) is 21.5. The maximum Gasteiger partial charge on any atom is 0.0799 e. The normalized spacial score (nSPS) is 11.8. The lowest BCUT2D eigenvalue weighted by Crippen LogP contribution is -2.40. The molecular formula is C23H27NSi. The zero-order chi connectivity index (χ0) is 18.0. The van der Waals surface area contributed by atoms with Crippen molar-refractivity contribution in [1.82, 2.24) is 4.98 Å². The van der Waals surface area contributed by atoms with Crippen molar-refractivity contribution in [2.45, 2.75) is 39.4 Å². The molecule has 0 radical (unpaired) electrons. The van der Waals surface area contributed by atoms with E-state index < -0.39 is 8.07 Å². The van der Waals surface area contributed by atoms with Gasteiger partial charge in [0.05, 0.1) is 13.8 Å². The van der Waals surface area contributed by atoms with Crippen LogP contribution < -0.4 is 5.19 Å². The molecule has 1 heterocycles. The Labute approximate surface area is 152 Å². The largest absolute Gasteiger partial charge is 0.256 e. The molecule has 0 saturated heterocycles. The Kier molecular flexibility index (Phi) is 4.91. The molecule has 0 aliphatic carbocycles. The van der Waals surface area contributed by atoms with Gasteiger partial charge in [0.25, 0.3) is 0 Å². The molecule has 0 aliphatic rings. The zero-order valence-corrected chi connectivity index (χ0v) is 16.9. The first-order valence-electron chi connectivity index (χ1n) is 9.02. The van der Waals surface area contributed by atoms with Crippen molar-refractivity contribution in [3.05, 3.63) is 72.4 Å². The predicted molar refractivity (Wildman–Crippen MR) is 112 cm³/mol. The van der Waals surface area contributed by atoms with Crippen molar-refractivity contribution in [1.29, 1.82) is 0 Å². The highest BCUT2D eigenvalue weighted by molar-refractivity contribution is 6.89. The Morgan fingerprint density at radius 2 is 1.40 bits per heavy atom. The van der Waals surface area contributed by atoms with E-state index in [0.717, 1.165) is 5.69 Å². The van der Waals surface area contributed by atoms with Gasteiger partial charge in [0, 0.05) is 11.8 Å². The van der Waals surface area contributed by atoms with Crippen LogP contribution in [-0.2, 0) is 0 Å². The molecule has 0 bridgehead atoms. The highest BCUT2D eigenvalue weighted by atomic mass is 28.3. The Morgan fingerprint density at radius 3 is 2.04 bits per heavy atom.